The van der Waals surface area contributed by atoms with E-state index in [0.717, 1.165) is 34.0 Å². The van der Waals surface area contributed by atoms with Gasteiger partial charge in [-0.3, -0.25) is 14.6 Å². The Balaban J connectivity index is 1.09. The first-order chi connectivity index (χ1) is 21.7. The molecule has 2 amide bonds. The van der Waals surface area contributed by atoms with Crippen molar-refractivity contribution in [3.8, 4) is 17.2 Å². The van der Waals surface area contributed by atoms with E-state index in [0.29, 0.717) is 42.3 Å². The first-order valence-electron chi connectivity index (χ1n) is 15.6. The maximum Gasteiger partial charge on any atom is 0.257 e. The molecule has 8 heteroatoms. The summed E-state index contributed by atoms with van der Waals surface area (Å²) in [6.07, 6.45) is 2.72. The van der Waals surface area contributed by atoms with E-state index in [9.17, 15) is 14.7 Å². The summed E-state index contributed by atoms with van der Waals surface area (Å²) in [6.45, 7) is 7.06. The number of aliphatic imine (C=N–C) groups is 1. The first-order valence-corrected chi connectivity index (χ1v) is 15.6. The number of ether oxygens (including phenoxy) is 2. The third kappa shape index (κ3) is 4.98. The summed E-state index contributed by atoms with van der Waals surface area (Å²) in [5.41, 5.74) is 5.28. The standard InChI is InChI=1S/C37H37N3O5/c1-21(36(42)40-19-22(2)35-28-12-8-7-11-27(28)32(41)17-31(35)40)13-23(3)45-34-16-30-29(15-33(34)44-4)37(43)39-20-25-10-6-5-9-24(25)14-26(39)18-38-30/h5-12,15-18,21-23,26,41H,13-14,19-20H2,1-4H3/t21?,22?,23?,26-/m0/s1. The van der Waals surface area contributed by atoms with Crippen LogP contribution in [0.2, 0.25) is 0 Å². The number of phenolic OH excluding ortho intramolecular Hbond substituents is 1. The summed E-state index contributed by atoms with van der Waals surface area (Å²) in [6, 6.07) is 21.1. The number of carbonyl (C=O) groups excluding carboxylic acids is 2. The van der Waals surface area contributed by atoms with E-state index in [1.807, 2.05) is 61.4 Å². The van der Waals surface area contributed by atoms with Crippen molar-refractivity contribution in [3.63, 3.8) is 0 Å². The van der Waals surface area contributed by atoms with Crippen molar-refractivity contribution in [1.82, 2.24) is 4.90 Å². The van der Waals surface area contributed by atoms with Gasteiger partial charge in [-0.05, 0) is 47.9 Å². The van der Waals surface area contributed by atoms with Crippen LogP contribution >= 0.6 is 0 Å². The van der Waals surface area contributed by atoms with Gasteiger partial charge in [0.25, 0.3) is 5.91 Å². The molecule has 7 rings (SSSR count). The highest BCUT2D eigenvalue weighted by atomic mass is 16.5. The lowest BCUT2D eigenvalue weighted by Crippen LogP contribution is -2.44. The van der Waals surface area contributed by atoms with Gasteiger partial charge in [0.2, 0.25) is 5.91 Å². The molecule has 8 nitrogen and oxygen atoms in total. The third-order valence-corrected chi connectivity index (χ3v) is 9.43. The van der Waals surface area contributed by atoms with Gasteiger partial charge in [0, 0.05) is 48.7 Å². The molecular formula is C37H37N3O5. The van der Waals surface area contributed by atoms with Crippen molar-refractivity contribution < 1.29 is 24.2 Å². The van der Waals surface area contributed by atoms with Gasteiger partial charge < -0.3 is 24.4 Å². The van der Waals surface area contributed by atoms with Crippen LogP contribution in [0.15, 0.2) is 71.7 Å². The van der Waals surface area contributed by atoms with Gasteiger partial charge in [-0.15, -0.1) is 0 Å². The van der Waals surface area contributed by atoms with Crippen LogP contribution in [0.1, 0.15) is 60.2 Å². The zero-order valence-corrected chi connectivity index (χ0v) is 26.0. The van der Waals surface area contributed by atoms with Crippen molar-refractivity contribution in [2.75, 3.05) is 18.6 Å². The van der Waals surface area contributed by atoms with Gasteiger partial charge in [-0.25, -0.2) is 0 Å². The Morgan fingerprint density at radius 2 is 1.76 bits per heavy atom. The maximum absolute atomic E-state index is 13.8. The van der Waals surface area contributed by atoms with E-state index >= 15 is 0 Å². The molecule has 3 aliphatic rings. The summed E-state index contributed by atoms with van der Waals surface area (Å²) < 4.78 is 12.0. The monoisotopic (exact) mass is 603 g/mol. The second-order valence-electron chi connectivity index (χ2n) is 12.6. The second kappa shape index (κ2) is 11.3. The minimum atomic E-state index is -0.337. The van der Waals surface area contributed by atoms with Gasteiger partial charge >= 0.3 is 0 Å². The molecule has 0 aliphatic carbocycles. The number of benzene rings is 4. The number of hydrogen-bond donors (Lipinski definition) is 1. The van der Waals surface area contributed by atoms with E-state index in [1.54, 1.807) is 30.2 Å². The van der Waals surface area contributed by atoms with Gasteiger partial charge in [0.05, 0.1) is 36.2 Å². The minimum absolute atomic E-state index is 0.00697. The number of methoxy groups -OCH3 is 1. The number of phenols is 1. The van der Waals surface area contributed by atoms with Crippen LogP contribution in [0.25, 0.3) is 10.8 Å². The molecule has 0 aromatic heterocycles. The Kier molecular flexibility index (Phi) is 7.23. The Morgan fingerprint density at radius 1 is 1.02 bits per heavy atom. The largest absolute Gasteiger partial charge is 0.507 e. The Morgan fingerprint density at radius 3 is 2.53 bits per heavy atom. The maximum atomic E-state index is 13.8. The molecule has 0 saturated heterocycles. The molecule has 45 heavy (non-hydrogen) atoms. The molecule has 4 aromatic rings. The third-order valence-electron chi connectivity index (χ3n) is 9.43. The fraction of sp³-hybridized carbons (Fsp3) is 0.324. The number of nitrogens with zero attached hydrogens (tertiary/aromatic N) is 3. The quantitative estimate of drug-likeness (QED) is 0.262. The minimum Gasteiger partial charge on any atom is -0.507 e. The molecule has 3 unspecified atom stereocenters. The van der Waals surface area contributed by atoms with Crippen LogP contribution in [0.3, 0.4) is 0 Å². The molecule has 3 heterocycles. The highest BCUT2D eigenvalue weighted by Gasteiger charge is 2.36. The zero-order valence-electron chi connectivity index (χ0n) is 26.0. The second-order valence-corrected chi connectivity index (χ2v) is 12.6. The average molecular weight is 604 g/mol. The molecule has 0 bridgehead atoms. The lowest BCUT2D eigenvalue weighted by atomic mass is 9.94. The lowest BCUT2D eigenvalue weighted by molar-refractivity contribution is -0.122. The zero-order chi connectivity index (χ0) is 31.4. The van der Waals surface area contributed by atoms with Gasteiger partial charge in [-0.1, -0.05) is 62.4 Å². The Labute approximate surface area is 262 Å². The summed E-state index contributed by atoms with van der Waals surface area (Å²) in [7, 11) is 1.56. The van der Waals surface area contributed by atoms with E-state index < -0.39 is 0 Å². The van der Waals surface area contributed by atoms with E-state index in [2.05, 4.69) is 19.1 Å². The lowest BCUT2D eigenvalue weighted by Gasteiger charge is -2.34. The number of anilines is 1. The van der Waals surface area contributed by atoms with Crippen molar-refractivity contribution in [1.29, 1.82) is 0 Å². The number of carbonyl (C=O) groups is 2. The van der Waals surface area contributed by atoms with Crippen molar-refractivity contribution in [2.24, 2.45) is 10.9 Å². The number of aromatic hydroxyl groups is 1. The SMILES string of the molecule is COc1cc2c(cc1OC(C)CC(C)C(=O)N1CC(C)c3c1cc(O)c1ccccc31)N=C[C@@H]1Cc3ccccc3CN1C2=O. The van der Waals surface area contributed by atoms with E-state index in [1.165, 1.54) is 5.56 Å². The summed E-state index contributed by atoms with van der Waals surface area (Å²) in [5.74, 6) is 0.826. The summed E-state index contributed by atoms with van der Waals surface area (Å²) >= 11 is 0. The smallest absolute Gasteiger partial charge is 0.257 e. The van der Waals surface area contributed by atoms with Crippen LogP contribution in [-0.2, 0) is 17.8 Å². The summed E-state index contributed by atoms with van der Waals surface area (Å²) in [5, 5.41) is 12.5. The molecular weight excluding hydrogens is 566 g/mol. The van der Waals surface area contributed by atoms with Gasteiger partial charge in [0.1, 0.15) is 5.75 Å². The van der Waals surface area contributed by atoms with Crippen LogP contribution in [0.4, 0.5) is 11.4 Å². The molecule has 0 spiro atoms. The Hall–Kier alpha value is -4.85. The fourth-order valence-corrected chi connectivity index (χ4v) is 7.21. The average Bonchev–Trinajstić information content (AvgIpc) is 3.31. The number of rotatable bonds is 6. The predicted octanol–water partition coefficient (Wildman–Crippen LogP) is 6.78. The van der Waals surface area contributed by atoms with Crippen LogP contribution < -0.4 is 14.4 Å². The topological polar surface area (TPSA) is 91.7 Å². The molecule has 4 aromatic carbocycles. The number of hydrogen-bond acceptors (Lipinski definition) is 6. The van der Waals surface area contributed by atoms with Crippen molar-refractivity contribution in [2.45, 2.75) is 58.2 Å². The number of fused-ring (bicyclic) bond motifs is 6. The molecule has 1 N–H and O–H groups in total. The first kappa shape index (κ1) is 28.9. The normalized spacial score (nSPS) is 19.7. The fourth-order valence-electron chi connectivity index (χ4n) is 7.21. The molecule has 230 valence electrons. The van der Waals surface area contributed by atoms with Crippen LogP contribution in [-0.4, -0.2) is 53.8 Å². The Bertz CT molecular complexity index is 1870. The number of amides is 2. The van der Waals surface area contributed by atoms with E-state index in [-0.39, 0.29) is 41.5 Å². The molecule has 0 fully saturated rings. The van der Waals surface area contributed by atoms with Gasteiger partial charge in [-0.2, -0.15) is 0 Å². The molecule has 0 radical (unpaired) electrons. The highest BCUT2D eigenvalue weighted by Crippen LogP contribution is 2.45. The molecule has 4 atom stereocenters. The molecule has 3 aliphatic heterocycles. The molecule has 0 saturated carbocycles. The van der Waals surface area contributed by atoms with Crippen LogP contribution in [0, 0.1) is 5.92 Å². The highest BCUT2D eigenvalue weighted by molar-refractivity contribution is 6.05. The van der Waals surface area contributed by atoms with Gasteiger partial charge in [0.15, 0.2) is 11.5 Å². The van der Waals surface area contributed by atoms with Crippen LogP contribution in [0.5, 0.6) is 17.2 Å². The van der Waals surface area contributed by atoms with E-state index in [4.69, 9.17) is 14.5 Å². The van der Waals surface area contributed by atoms with Crippen molar-refractivity contribution >= 4 is 40.2 Å². The van der Waals surface area contributed by atoms with Crippen molar-refractivity contribution in [3.05, 3.63) is 89.0 Å². The predicted molar refractivity (Wildman–Crippen MR) is 175 cm³/mol. The summed E-state index contributed by atoms with van der Waals surface area (Å²) in [4.78, 5) is 35.9.